The maximum absolute atomic E-state index is 12.9. The summed E-state index contributed by atoms with van der Waals surface area (Å²) >= 11 is 0. The minimum Gasteiger partial charge on any atom is -0.459 e. The van der Waals surface area contributed by atoms with E-state index >= 15 is 0 Å². The Morgan fingerprint density at radius 1 is 1.48 bits per heavy atom. The number of likely N-dealkylation sites (tertiary alicyclic amines) is 1. The maximum Gasteiger partial charge on any atom is 0.289 e. The van der Waals surface area contributed by atoms with Gasteiger partial charge in [0, 0.05) is 37.2 Å². The Labute approximate surface area is 150 Å². The van der Waals surface area contributed by atoms with Crippen molar-refractivity contribution in [2.24, 2.45) is 5.41 Å². The van der Waals surface area contributed by atoms with Crippen molar-refractivity contribution in [1.29, 1.82) is 0 Å². The first kappa shape index (κ1) is 18.4. The third-order valence-corrected chi connectivity index (χ3v) is 5.40. The van der Waals surface area contributed by atoms with Gasteiger partial charge in [-0.15, -0.1) is 0 Å². The lowest BCUT2D eigenvalue weighted by Gasteiger charge is -2.50. The highest BCUT2D eigenvalue weighted by Gasteiger charge is 2.47. The average molecular weight is 350 g/mol. The maximum atomic E-state index is 12.9. The number of carbonyl (C=O) groups excluding carboxylic acids is 1. The second-order valence-corrected chi connectivity index (χ2v) is 7.63. The minimum atomic E-state index is -0.0982. The molecule has 2 fully saturated rings. The van der Waals surface area contributed by atoms with Gasteiger partial charge >= 0.3 is 0 Å². The van der Waals surface area contributed by atoms with E-state index in [9.17, 15) is 4.79 Å². The lowest BCUT2D eigenvalue weighted by atomic mass is 9.73. The van der Waals surface area contributed by atoms with Crippen LogP contribution in [-0.2, 0) is 9.47 Å². The van der Waals surface area contributed by atoms with Gasteiger partial charge in [0.1, 0.15) is 0 Å². The number of carbonyl (C=O) groups is 1. The van der Waals surface area contributed by atoms with Crippen LogP contribution >= 0.6 is 0 Å². The summed E-state index contributed by atoms with van der Waals surface area (Å²) in [5.74, 6) is 0.443. The van der Waals surface area contributed by atoms with E-state index in [4.69, 9.17) is 13.9 Å². The molecule has 0 spiro atoms. The predicted molar refractivity (Wildman–Crippen MR) is 94.7 cm³/mol. The van der Waals surface area contributed by atoms with E-state index in [1.165, 1.54) is 0 Å². The van der Waals surface area contributed by atoms with Crippen molar-refractivity contribution in [2.75, 3.05) is 53.6 Å². The van der Waals surface area contributed by atoms with E-state index in [0.717, 1.165) is 38.0 Å². The van der Waals surface area contributed by atoms with Gasteiger partial charge in [-0.2, -0.15) is 0 Å². The van der Waals surface area contributed by atoms with Crippen LogP contribution in [-0.4, -0.2) is 75.4 Å². The molecule has 0 aliphatic carbocycles. The third-order valence-electron chi connectivity index (χ3n) is 5.40. The van der Waals surface area contributed by atoms with E-state index in [1.54, 1.807) is 6.26 Å². The smallest absolute Gasteiger partial charge is 0.289 e. The van der Waals surface area contributed by atoms with Crippen molar-refractivity contribution in [1.82, 2.24) is 9.80 Å². The Bertz CT molecular complexity index is 586. The summed E-state index contributed by atoms with van der Waals surface area (Å²) in [7, 11) is 4.09. The van der Waals surface area contributed by atoms with Gasteiger partial charge in [-0.25, -0.2) is 0 Å². The van der Waals surface area contributed by atoms with Crippen molar-refractivity contribution in [2.45, 2.75) is 32.3 Å². The fourth-order valence-electron chi connectivity index (χ4n) is 3.93. The summed E-state index contributed by atoms with van der Waals surface area (Å²) in [5, 5.41) is 0. The second-order valence-electron chi connectivity index (χ2n) is 7.63. The fraction of sp³-hybridized carbons (Fsp3) is 0.737. The molecule has 3 rings (SSSR count). The molecule has 1 amide bonds. The minimum absolute atomic E-state index is 0.0146. The molecule has 0 N–H and O–H groups in total. The molecular formula is C19H30N2O4. The Hall–Kier alpha value is -1.37. The molecule has 1 aromatic rings. The number of aryl methyl sites for hydroxylation is 1. The van der Waals surface area contributed by atoms with Gasteiger partial charge in [-0.05, 0) is 46.3 Å². The van der Waals surface area contributed by atoms with Crippen LogP contribution in [0.2, 0.25) is 0 Å². The molecule has 1 aromatic heterocycles. The molecule has 2 saturated heterocycles. The summed E-state index contributed by atoms with van der Waals surface area (Å²) in [4.78, 5) is 16.9. The summed E-state index contributed by atoms with van der Waals surface area (Å²) in [5.41, 5.74) is 0.794. The number of amides is 1. The highest BCUT2D eigenvalue weighted by molar-refractivity contribution is 5.93. The number of piperidine rings is 1. The largest absolute Gasteiger partial charge is 0.459 e. The molecule has 25 heavy (non-hydrogen) atoms. The molecule has 3 heterocycles. The highest BCUT2D eigenvalue weighted by atomic mass is 16.5. The fourth-order valence-corrected chi connectivity index (χ4v) is 3.93. The van der Waals surface area contributed by atoms with Crippen molar-refractivity contribution in [3.63, 3.8) is 0 Å². The number of nitrogens with zero attached hydrogens (tertiary/aromatic N) is 2. The van der Waals surface area contributed by atoms with Crippen molar-refractivity contribution >= 4 is 5.91 Å². The highest BCUT2D eigenvalue weighted by Crippen LogP contribution is 2.41. The van der Waals surface area contributed by atoms with Gasteiger partial charge in [-0.1, -0.05) is 0 Å². The van der Waals surface area contributed by atoms with Gasteiger partial charge in [-0.3, -0.25) is 4.79 Å². The van der Waals surface area contributed by atoms with Crippen LogP contribution in [0.3, 0.4) is 0 Å². The van der Waals surface area contributed by atoms with Gasteiger partial charge in [0.25, 0.3) is 5.91 Å². The lowest BCUT2D eigenvalue weighted by molar-refractivity contribution is -0.147. The van der Waals surface area contributed by atoms with Crippen LogP contribution in [0.5, 0.6) is 0 Å². The molecule has 0 radical (unpaired) electrons. The van der Waals surface area contributed by atoms with Crippen molar-refractivity contribution in [3.8, 4) is 0 Å². The molecule has 0 saturated carbocycles. The molecule has 0 bridgehead atoms. The molecule has 2 atom stereocenters. The molecule has 0 aromatic carbocycles. The van der Waals surface area contributed by atoms with E-state index in [1.807, 2.05) is 32.0 Å². The monoisotopic (exact) mass is 350 g/mol. The van der Waals surface area contributed by atoms with Crippen molar-refractivity contribution < 1.29 is 18.7 Å². The summed E-state index contributed by atoms with van der Waals surface area (Å²) < 4.78 is 17.5. The van der Waals surface area contributed by atoms with E-state index in [0.29, 0.717) is 32.1 Å². The van der Waals surface area contributed by atoms with E-state index in [2.05, 4.69) is 4.90 Å². The molecule has 6 nitrogen and oxygen atoms in total. The Balaban J connectivity index is 1.68. The van der Waals surface area contributed by atoms with Crippen LogP contribution in [0.4, 0.5) is 0 Å². The number of rotatable bonds is 6. The van der Waals surface area contributed by atoms with Gasteiger partial charge in [0.05, 0.1) is 25.6 Å². The average Bonchev–Trinajstić information content (AvgIpc) is 3.03. The number of likely N-dealkylation sites (N-methyl/N-ethyl adjacent to an activating group) is 1. The predicted octanol–water partition coefficient (Wildman–Crippen LogP) is 2.18. The zero-order valence-corrected chi connectivity index (χ0v) is 15.6. The van der Waals surface area contributed by atoms with Crippen LogP contribution in [0.1, 0.15) is 35.4 Å². The van der Waals surface area contributed by atoms with Crippen LogP contribution < -0.4 is 0 Å². The number of ether oxygens (including phenoxy) is 2. The topological polar surface area (TPSA) is 55.2 Å². The zero-order valence-electron chi connectivity index (χ0n) is 15.6. The zero-order chi connectivity index (χ0) is 17.9. The Kier molecular flexibility index (Phi) is 5.81. The summed E-state index contributed by atoms with van der Waals surface area (Å²) in [6.07, 6.45) is 4.69. The Morgan fingerprint density at radius 2 is 2.32 bits per heavy atom. The number of hydrogen-bond acceptors (Lipinski definition) is 5. The van der Waals surface area contributed by atoms with Crippen LogP contribution in [0, 0.1) is 12.3 Å². The summed E-state index contributed by atoms with van der Waals surface area (Å²) in [6, 6.07) is 1.84. The number of furan rings is 1. The first-order valence-corrected chi connectivity index (χ1v) is 9.19. The van der Waals surface area contributed by atoms with Crippen LogP contribution in [0.15, 0.2) is 16.7 Å². The molecule has 0 unspecified atom stereocenters. The number of hydrogen-bond donors (Lipinski definition) is 0. The van der Waals surface area contributed by atoms with Crippen LogP contribution in [0.25, 0.3) is 0 Å². The third kappa shape index (κ3) is 4.07. The first-order chi connectivity index (χ1) is 12.0. The van der Waals surface area contributed by atoms with Gasteiger partial charge < -0.3 is 23.7 Å². The number of fused-ring (bicyclic) bond motifs is 1. The molecule has 140 valence electrons. The summed E-state index contributed by atoms with van der Waals surface area (Å²) in [6.45, 7) is 6.36. The quantitative estimate of drug-likeness (QED) is 0.736. The van der Waals surface area contributed by atoms with E-state index in [-0.39, 0.29) is 17.4 Å². The normalized spacial score (nSPS) is 26.7. The lowest BCUT2D eigenvalue weighted by Crippen LogP contribution is -2.58. The van der Waals surface area contributed by atoms with Crippen molar-refractivity contribution in [3.05, 3.63) is 23.7 Å². The first-order valence-electron chi connectivity index (χ1n) is 9.19. The molecule has 2 aliphatic rings. The standard InChI is InChI=1S/C19H30N2O4/c1-15-6-11-25-17(15)18(22)21-8-5-16-19(13-21,7-4-10-24-16)14-23-12-9-20(2)3/h6,11,16H,4-5,7-10,12-14H2,1-3H3/t16-,19-/m1/s1. The second kappa shape index (κ2) is 7.89. The Morgan fingerprint density at radius 3 is 3.04 bits per heavy atom. The molecular weight excluding hydrogens is 320 g/mol. The SMILES string of the molecule is Cc1ccoc1C(=O)N1CC[C@H]2OCCC[C@]2(COCCN(C)C)C1. The van der Waals surface area contributed by atoms with E-state index < -0.39 is 0 Å². The molecule has 2 aliphatic heterocycles. The van der Waals surface area contributed by atoms with Gasteiger partial charge in [0.2, 0.25) is 0 Å². The van der Waals surface area contributed by atoms with Gasteiger partial charge in [0.15, 0.2) is 5.76 Å². The molecule has 6 heteroatoms.